The van der Waals surface area contributed by atoms with Crippen molar-refractivity contribution in [2.45, 2.75) is 0 Å². The van der Waals surface area contributed by atoms with Crippen LogP contribution in [0.5, 0.6) is 0 Å². The normalized spacial score (nSPS) is 12.3. The Morgan fingerprint density at radius 1 is 0.515 bits per heavy atom. The quantitative estimate of drug-likeness (QED) is 0.152. The molecule has 3 nitrogen and oxygen atoms in total. The van der Waals surface area contributed by atoms with Crippen molar-refractivity contribution in [1.29, 1.82) is 0 Å². The van der Waals surface area contributed by atoms with Gasteiger partial charge in [0.1, 0.15) is 11.1 Å². The van der Waals surface area contributed by atoms with E-state index < -0.39 is 11.4 Å². The molecule has 0 amide bonds. The molecule has 1 heterocycles. The Morgan fingerprint density at radius 2 is 0.788 bits per heavy atom. The van der Waals surface area contributed by atoms with Crippen LogP contribution >= 0.6 is 92.4 Å². The van der Waals surface area contributed by atoms with Crippen molar-refractivity contribution in [3.63, 3.8) is 0 Å². The molecule has 3 aromatic carbocycles. The molecule has 0 aliphatic carbocycles. The molecule has 4 aromatic rings. The fourth-order valence-electron chi connectivity index (χ4n) is 2.51. The van der Waals surface area contributed by atoms with Crippen molar-refractivity contribution in [1.82, 2.24) is 9.97 Å². The number of benzene rings is 3. The third-order valence-corrected chi connectivity index (χ3v) is 5.48. The monoisotopic (exact) mass is 840 g/mol. The van der Waals surface area contributed by atoms with E-state index in [2.05, 4.69) is 57.8 Å². The zero-order valence-electron chi connectivity index (χ0n) is 16.3. The van der Waals surface area contributed by atoms with Gasteiger partial charge in [-0.3, -0.25) is 0 Å². The van der Waals surface area contributed by atoms with E-state index in [4.69, 9.17) is 49.0 Å². The minimum absolute atomic E-state index is 0.522. The van der Waals surface area contributed by atoms with Crippen molar-refractivity contribution >= 4 is 104 Å². The Bertz CT molecular complexity index is 1080. The third-order valence-electron chi connectivity index (χ3n) is 3.89. The first-order chi connectivity index (χ1) is 15.3. The number of hydrogen-bond acceptors (Lipinski definition) is 2. The fraction of sp³-hybridized carbons (Fsp3) is 0. The van der Waals surface area contributed by atoms with E-state index in [1.807, 2.05) is 72.8 Å². The van der Waals surface area contributed by atoms with Crippen LogP contribution in [0, 0.1) is 0 Å². The van der Waals surface area contributed by atoms with Gasteiger partial charge in [-0.15, -0.1) is 9.97 Å². The Hall–Kier alpha value is 0.359. The summed E-state index contributed by atoms with van der Waals surface area (Å²) in [6.07, 6.45) is 0. The van der Waals surface area contributed by atoms with Crippen molar-refractivity contribution in [2.24, 2.45) is 0 Å². The molecule has 33 heavy (non-hydrogen) atoms. The number of rotatable bonds is 3. The summed E-state index contributed by atoms with van der Waals surface area (Å²) in [4.78, 5) is 9.32. The molecule has 0 saturated heterocycles. The van der Waals surface area contributed by atoms with Gasteiger partial charge in [-0.2, -0.15) is 4.42 Å². The number of hydrogen-bond donors (Lipinski definition) is 0. The summed E-state index contributed by atoms with van der Waals surface area (Å²) in [5.74, 6) is 1.66. The first-order valence-corrected chi connectivity index (χ1v) is 29.5. The molecule has 0 unspecified atom stereocenters. The van der Waals surface area contributed by atoms with E-state index in [9.17, 15) is 0 Å². The molecule has 0 radical (unpaired) electrons. The van der Waals surface area contributed by atoms with E-state index in [-0.39, 0.29) is 0 Å². The van der Waals surface area contributed by atoms with Crippen molar-refractivity contribution in [3.05, 3.63) is 86.2 Å². The molecule has 0 atom stereocenters. The van der Waals surface area contributed by atoms with E-state index in [0.29, 0.717) is 17.6 Å². The summed E-state index contributed by atoms with van der Waals surface area (Å²) in [7, 11) is 25.3. The van der Waals surface area contributed by atoms with Crippen LogP contribution in [0.15, 0.2) is 90.6 Å². The molecule has 12 heteroatoms. The van der Waals surface area contributed by atoms with Crippen molar-refractivity contribution in [2.75, 3.05) is 0 Å². The van der Waals surface area contributed by atoms with Gasteiger partial charge >= 0.3 is 67.7 Å². The Labute approximate surface area is 235 Å². The second-order valence-electron chi connectivity index (χ2n) is 6.49. The zero-order valence-corrected chi connectivity index (χ0v) is 27.6. The zero-order chi connectivity index (χ0) is 24.2. The van der Waals surface area contributed by atoms with Crippen LogP contribution in [0.1, 0.15) is 0 Å². The molecule has 0 bridgehead atoms. The van der Waals surface area contributed by atoms with Crippen LogP contribution in [-0.2, 0) is 0 Å². The Morgan fingerprint density at radius 3 is 1.09 bits per heavy atom. The summed E-state index contributed by atoms with van der Waals surface area (Å²) >= 11 is 5.99. The molecule has 0 spiro atoms. The van der Waals surface area contributed by atoms with Gasteiger partial charge < -0.3 is 0 Å². The number of halogens is 8. The maximum atomic E-state index is 6.05. The minimum atomic E-state index is -4.40. The number of nitrogens with zero attached hydrogens (tertiary/aromatic N) is 2. The first kappa shape index (κ1) is 27.9. The average molecular weight is 844 g/mol. The van der Waals surface area contributed by atoms with E-state index >= 15 is 0 Å². The van der Waals surface area contributed by atoms with E-state index in [1.54, 1.807) is 0 Å². The van der Waals surface area contributed by atoms with Crippen LogP contribution in [-0.4, -0.2) is 21.3 Å². The van der Waals surface area contributed by atoms with Gasteiger partial charge in [0.25, 0.3) is 0 Å². The molecule has 172 valence electrons. The van der Waals surface area contributed by atoms with Gasteiger partial charge in [-0.05, 0) is 60.7 Å². The summed E-state index contributed by atoms with van der Waals surface area (Å²) in [5, 5.41) is 0. The molecule has 4 rings (SSSR count). The maximum absolute atomic E-state index is 6.05. The second kappa shape index (κ2) is 11.6. The van der Waals surface area contributed by atoms with Crippen LogP contribution in [0.25, 0.3) is 34.3 Å². The van der Waals surface area contributed by atoms with E-state index in [0.717, 1.165) is 30.1 Å². The Kier molecular flexibility index (Phi) is 9.83. The van der Waals surface area contributed by atoms with Gasteiger partial charge in [0.2, 0.25) is 0 Å². The second-order valence-corrected chi connectivity index (χ2v) is 51.7. The molecular weight excluding hydrogens is 832 g/mol. The van der Waals surface area contributed by atoms with Crippen LogP contribution in [0.3, 0.4) is 0 Å². The predicted octanol–water partition coefficient (Wildman–Crippen LogP) is 10.7. The van der Waals surface area contributed by atoms with Crippen LogP contribution < -0.4 is 0 Å². The van der Waals surface area contributed by atoms with Gasteiger partial charge in [0.05, 0.1) is 0 Å². The van der Waals surface area contributed by atoms with Gasteiger partial charge in [-0.1, -0.05) is 59.9 Å². The Balaban J connectivity index is 0.000000454. The molecule has 0 N–H and O–H groups in total. The summed E-state index contributed by atoms with van der Waals surface area (Å²) in [6, 6.07) is 23.6. The van der Waals surface area contributed by atoms with Gasteiger partial charge in [0.15, 0.2) is 5.82 Å². The average Bonchev–Trinajstić information content (AvgIpc) is 2.73. The molecule has 0 fully saturated rings. The fourth-order valence-corrected chi connectivity index (χ4v) is 3.31. The van der Waals surface area contributed by atoms with Crippen molar-refractivity contribution in [3.8, 4) is 34.3 Å². The number of aromatic nitrogens is 2. The molecular formula is C21H12Br3Cl5N2OSn. The molecule has 0 aliphatic rings. The molecule has 0 saturated carbocycles. The van der Waals surface area contributed by atoms with Crippen LogP contribution in [0.4, 0.5) is 0 Å². The first-order valence-electron chi connectivity index (χ1n) is 9.03. The molecule has 0 aliphatic heterocycles. The third kappa shape index (κ3) is 10.1. The van der Waals surface area contributed by atoms with Gasteiger partial charge in [0, 0.05) is 19.0 Å². The van der Waals surface area contributed by atoms with Gasteiger partial charge in [-0.25, -0.2) is 0 Å². The predicted molar refractivity (Wildman–Crippen MR) is 153 cm³/mol. The van der Waals surface area contributed by atoms with Crippen LogP contribution in [0.2, 0.25) is 0 Å². The summed E-state index contributed by atoms with van der Waals surface area (Å²) < 4.78 is 9.06. The summed E-state index contributed by atoms with van der Waals surface area (Å²) in [5.41, 5.74) is 2.69. The van der Waals surface area contributed by atoms with Crippen molar-refractivity contribution < 1.29 is 4.42 Å². The van der Waals surface area contributed by atoms with E-state index in [1.165, 1.54) is 0 Å². The topological polar surface area (TPSA) is 37.1 Å². The molecule has 1 aromatic heterocycles. The standard InChI is InChI=1S/C21H12Br3N2O.5ClH.Sn/c22-16-7-1-13(2-8-16)19-25-20(14-3-9-17(23)10-4-14)27-21(26-19)15-5-11-18(24)12-6-15;;;;;;/h1-12H;5*1H;/q+1;;;;;;+4/p-5. The summed E-state index contributed by atoms with van der Waals surface area (Å²) in [6.45, 7) is 0. The SMILES string of the molecule is Brc1ccc(-c2nc(-c3ccc(Br)cc3)[o+]c(-c3ccc(Br)cc3)n2)cc1.[Cl][Sn-]([Cl])([Cl])([Cl])[Cl].